The van der Waals surface area contributed by atoms with E-state index in [1.54, 1.807) is 23.1 Å². The Bertz CT molecular complexity index is 1030. The average Bonchev–Trinajstić information content (AvgIpc) is 2.99. The number of benzene rings is 2. The zero-order valence-corrected chi connectivity index (χ0v) is 18.5. The quantitative estimate of drug-likeness (QED) is 0.776. The highest BCUT2D eigenvalue weighted by molar-refractivity contribution is 7.92. The second-order valence-electron chi connectivity index (χ2n) is 7.51. The van der Waals surface area contributed by atoms with Crippen LogP contribution in [0.2, 0.25) is 0 Å². The third-order valence-electron chi connectivity index (χ3n) is 5.50. The number of nitrogens with one attached hydrogen (secondary N) is 1. The minimum atomic E-state index is -3.72. The minimum absolute atomic E-state index is 0.0308. The SMILES string of the molecule is CCN(CC)c1ccc(NS(=O)(=O)c2ccc3c(c2)CC(C)N3C(C)=O)c(C)c1. The first-order chi connectivity index (χ1) is 13.7. The third kappa shape index (κ3) is 4.10. The van der Waals surface area contributed by atoms with Crippen molar-refractivity contribution in [3.63, 3.8) is 0 Å². The number of rotatable bonds is 6. The van der Waals surface area contributed by atoms with Crippen LogP contribution in [0.15, 0.2) is 41.3 Å². The van der Waals surface area contributed by atoms with Crippen molar-refractivity contribution in [2.24, 2.45) is 0 Å². The number of anilines is 3. The number of nitrogens with zero attached hydrogens (tertiary/aromatic N) is 2. The molecule has 1 aliphatic rings. The van der Waals surface area contributed by atoms with Crippen molar-refractivity contribution in [3.05, 3.63) is 47.5 Å². The molecule has 0 aliphatic carbocycles. The predicted molar refractivity (Wildman–Crippen MR) is 118 cm³/mol. The molecule has 29 heavy (non-hydrogen) atoms. The van der Waals surface area contributed by atoms with Gasteiger partial charge in [-0.25, -0.2) is 8.42 Å². The van der Waals surface area contributed by atoms with E-state index in [0.29, 0.717) is 12.1 Å². The molecule has 3 rings (SSSR count). The number of carbonyl (C=O) groups excluding carboxylic acids is 1. The normalized spacial score (nSPS) is 15.9. The zero-order chi connectivity index (χ0) is 21.3. The molecular weight excluding hydrogens is 386 g/mol. The first-order valence-electron chi connectivity index (χ1n) is 9.99. The van der Waals surface area contributed by atoms with Gasteiger partial charge in [0, 0.05) is 37.4 Å². The maximum atomic E-state index is 13.0. The molecule has 7 heteroatoms. The van der Waals surface area contributed by atoms with E-state index in [1.807, 2.05) is 32.0 Å². The molecule has 2 aromatic rings. The third-order valence-corrected chi connectivity index (χ3v) is 6.86. The summed E-state index contributed by atoms with van der Waals surface area (Å²) < 4.78 is 28.7. The van der Waals surface area contributed by atoms with Gasteiger partial charge >= 0.3 is 0 Å². The van der Waals surface area contributed by atoms with Crippen LogP contribution in [0.1, 0.15) is 38.8 Å². The summed E-state index contributed by atoms with van der Waals surface area (Å²) in [6.07, 6.45) is 0.649. The van der Waals surface area contributed by atoms with Crippen LogP contribution in [0.5, 0.6) is 0 Å². The Hall–Kier alpha value is -2.54. The van der Waals surface area contributed by atoms with E-state index in [1.165, 1.54) is 6.92 Å². The highest BCUT2D eigenvalue weighted by atomic mass is 32.2. The molecule has 2 aromatic carbocycles. The molecule has 0 saturated carbocycles. The summed E-state index contributed by atoms with van der Waals surface area (Å²) in [5.74, 6) is -0.0334. The molecule has 0 fully saturated rings. The Morgan fingerprint density at radius 1 is 1.17 bits per heavy atom. The molecule has 0 bridgehead atoms. The highest BCUT2D eigenvalue weighted by Crippen LogP contribution is 2.34. The minimum Gasteiger partial charge on any atom is -0.372 e. The van der Waals surface area contributed by atoms with E-state index >= 15 is 0 Å². The Labute approximate surface area is 173 Å². The summed E-state index contributed by atoms with van der Waals surface area (Å²) in [6, 6.07) is 10.8. The molecule has 1 N–H and O–H groups in total. The molecule has 156 valence electrons. The second kappa shape index (κ2) is 8.06. The van der Waals surface area contributed by atoms with Crippen molar-refractivity contribution in [1.29, 1.82) is 0 Å². The van der Waals surface area contributed by atoms with E-state index in [4.69, 9.17) is 0 Å². The summed E-state index contributed by atoms with van der Waals surface area (Å²) >= 11 is 0. The van der Waals surface area contributed by atoms with E-state index in [9.17, 15) is 13.2 Å². The Morgan fingerprint density at radius 3 is 2.45 bits per heavy atom. The zero-order valence-electron chi connectivity index (χ0n) is 17.7. The van der Waals surface area contributed by atoms with Gasteiger partial charge in [-0.05, 0) is 81.6 Å². The van der Waals surface area contributed by atoms with E-state index in [2.05, 4.69) is 23.5 Å². The summed E-state index contributed by atoms with van der Waals surface area (Å²) in [4.78, 5) is 16.0. The molecule has 6 nitrogen and oxygen atoms in total. The Kier molecular flexibility index (Phi) is 5.89. The van der Waals surface area contributed by atoms with Gasteiger partial charge in [-0.2, -0.15) is 0 Å². The van der Waals surface area contributed by atoms with Crippen LogP contribution in [0.4, 0.5) is 17.1 Å². The lowest BCUT2D eigenvalue weighted by atomic mass is 10.1. The van der Waals surface area contributed by atoms with E-state index in [0.717, 1.165) is 35.6 Å². The number of carbonyl (C=O) groups is 1. The largest absolute Gasteiger partial charge is 0.372 e. The fourth-order valence-corrected chi connectivity index (χ4v) is 5.19. The number of aryl methyl sites for hydroxylation is 1. The van der Waals surface area contributed by atoms with Crippen LogP contribution < -0.4 is 14.5 Å². The van der Waals surface area contributed by atoms with Gasteiger partial charge in [0.25, 0.3) is 10.0 Å². The topological polar surface area (TPSA) is 69.7 Å². The lowest BCUT2D eigenvalue weighted by Gasteiger charge is -2.22. The molecule has 1 unspecified atom stereocenters. The maximum Gasteiger partial charge on any atom is 0.261 e. The number of sulfonamides is 1. The highest BCUT2D eigenvalue weighted by Gasteiger charge is 2.30. The van der Waals surface area contributed by atoms with Crippen molar-refractivity contribution < 1.29 is 13.2 Å². The van der Waals surface area contributed by atoms with Crippen molar-refractivity contribution in [2.45, 2.75) is 52.0 Å². The molecule has 1 amide bonds. The van der Waals surface area contributed by atoms with E-state index in [-0.39, 0.29) is 16.8 Å². The number of fused-ring (bicyclic) bond motifs is 1. The molecule has 0 radical (unpaired) electrons. The van der Waals surface area contributed by atoms with Crippen LogP contribution >= 0.6 is 0 Å². The van der Waals surface area contributed by atoms with Crippen molar-refractivity contribution in [1.82, 2.24) is 0 Å². The molecular formula is C22H29N3O3S. The molecule has 0 saturated heterocycles. The van der Waals surface area contributed by atoms with Crippen LogP contribution in [0, 0.1) is 6.92 Å². The summed E-state index contributed by atoms with van der Waals surface area (Å²) in [7, 11) is -3.72. The standard InChI is InChI=1S/C22H29N3O3S/c1-6-24(7-2)19-8-10-21(15(3)12-19)23-29(27,28)20-9-11-22-18(14-20)13-16(4)25(22)17(5)26/h8-12,14,16,23H,6-7,13H2,1-5H3. The molecule has 1 aliphatic heterocycles. The lowest BCUT2D eigenvalue weighted by molar-refractivity contribution is -0.116. The van der Waals surface area contributed by atoms with Crippen LogP contribution in [0.25, 0.3) is 0 Å². The molecule has 0 spiro atoms. The number of hydrogen-bond donors (Lipinski definition) is 1. The Morgan fingerprint density at radius 2 is 1.86 bits per heavy atom. The van der Waals surface area contributed by atoms with Gasteiger partial charge in [-0.15, -0.1) is 0 Å². The second-order valence-corrected chi connectivity index (χ2v) is 9.19. The van der Waals surface area contributed by atoms with Crippen molar-refractivity contribution in [3.8, 4) is 0 Å². The van der Waals surface area contributed by atoms with E-state index < -0.39 is 10.0 Å². The first kappa shape index (κ1) is 21.2. The fraction of sp³-hybridized carbons (Fsp3) is 0.409. The van der Waals surface area contributed by atoms with Gasteiger partial charge in [-0.3, -0.25) is 9.52 Å². The van der Waals surface area contributed by atoms with Crippen molar-refractivity contribution >= 4 is 33.0 Å². The molecule has 0 aromatic heterocycles. The monoisotopic (exact) mass is 415 g/mol. The van der Waals surface area contributed by atoms with Gasteiger partial charge in [0.2, 0.25) is 5.91 Å². The van der Waals surface area contributed by atoms with Crippen LogP contribution in [-0.4, -0.2) is 33.5 Å². The predicted octanol–water partition coefficient (Wildman–Crippen LogP) is 3.94. The maximum absolute atomic E-state index is 13.0. The number of amides is 1. The first-order valence-corrected chi connectivity index (χ1v) is 11.5. The van der Waals surface area contributed by atoms with Crippen LogP contribution in [0.3, 0.4) is 0 Å². The van der Waals surface area contributed by atoms with Gasteiger partial charge in [0.1, 0.15) is 0 Å². The summed E-state index contributed by atoms with van der Waals surface area (Å²) in [6.45, 7) is 11.4. The Balaban J connectivity index is 1.88. The van der Waals surface area contributed by atoms with Gasteiger partial charge in [0.05, 0.1) is 10.6 Å². The van der Waals surface area contributed by atoms with Gasteiger partial charge in [0.15, 0.2) is 0 Å². The summed E-state index contributed by atoms with van der Waals surface area (Å²) in [5, 5.41) is 0. The van der Waals surface area contributed by atoms with Gasteiger partial charge in [-0.1, -0.05) is 0 Å². The average molecular weight is 416 g/mol. The lowest BCUT2D eigenvalue weighted by Crippen LogP contribution is -2.33. The molecule has 1 atom stereocenters. The van der Waals surface area contributed by atoms with Crippen LogP contribution in [-0.2, 0) is 21.2 Å². The van der Waals surface area contributed by atoms with Crippen molar-refractivity contribution in [2.75, 3.05) is 27.6 Å². The fourth-order valence-electron chi connectivity index (χ4n) is 4.01. The summed E-state index contributed by atoms with van der Waals surface area (Å²) in [5.41, 5.74) is 4.19. The smallest absolute Gasteiger partial charge is 0.261 e. The number of hydrogen-bond acceptors (Lipinski definition) is 4. The molecule has 1 heterocycles. The van der Waals surface area contributed by atoms with Gasteiger partial charge < -0.3 is 9.80 Å².